The number of aromatic nitrogens is 1. The zero-order chi connectivity index (χ0) is 31.9. The van der Waals surface area contributed by atoms with Crippen LogP contribution >= 0.6 is 39.0 Å². The molecule has 2 saturated heterocycles. The summed E-state index contributed by atoms with van der Waals surface area (Å²) in [4.78, 5) is 71.2. The number of H-pyrrole nitrogens is 1. The summed E-state index contributed by atoms with van der Waals surface area (Å²) in [5, 5.41) is 12.0. The summed E-state index contributed by atoms with van der Waals surface area (Å²) in [5.74, 6) is -1.58. The first kappa shape index (κ1) is 29.9. The van der Waals surface area contributed by atoms with Gasteiger partial charge >= 0.3 is 4.87 Å². The molecule has 2 aliphatic carbocycles. The molecular weight excluding hydrogens is 696 g/mol. The van der Waals surface area contributed by atoms with Crippen LogP contribution < -0.4 is 14.5 Å². The van der Waals surface area contributed by atoms with E-state index in [0.29, 0.717) is 11.4 Å². The number of hydrogen-bond donors (Lipinski definition) is 1. The summed E-state index contributed by atoms with van der Waals surface area (Å²) >= 11 is 6.38. The zero-order valence-corrected chi connectivity index (χ0v) is 27.6. The normalized spacial score (nSPS) is 29.5. The van der Waals surface area contributed by atoms with E-state index in [1.807, 2.05) is 23.1 Å². The summed E-state index contributed by atoms with van der Waals surface area (Å²) in [6.07, 6.45) is 3.81. The van der Waals surface area contributed by atoms with Crippen LogP contribution in [0.4, 0.5) is 11.4 Å². The summed E-state index contributed by atoms with van der Waals surface area (Å²) in [5.41, 5.74) is 1.07. The molecule has 0 radical (unpaired) electrons. The molecule has 8 rings (SSSR count). The Kier molecular flexibility index (Phi) is 7.37. The van der Waals surface area contributed by atoms with Gasteiger partial charge in [0.05, 0.1) is 27.5 Å². The molecule has 2 aromatic carbocycles. The molecule has 3 aromatic rings. The van der Waals surface area contributed by atoms with Gasteiger partial charge in [-0.3, -0.25) is 34.2 Å². The molecule has 3 aliphatic heterocycles. The van der Waals surface area contributed by atoms with E-state index in [2.05, 4.69) is 20.9 Å². The molecule has 2 bridgehead atoms. The Morgan fingerprint density at radius 3 is 2.46 bits per heavy atom. The number of fused-ring (bicyclic) bond motifs is 9. The van der Waals surface area contributed by atoms with E-state index in [1.165, 1.54) is 29.2 Å². The van der Waals surface area contributed by atoms with E-state index in [0.717, 1.165) is 70.0 Å². The highest BCUT2D eigenvalue weighted by Crippen LogP contribution is 2.69. The molecule has 46 heavy (non-hydrogen) atoms. The molecule has 1 N–H and O–H groups in total. The second-order valence-corrected chi connectivity index (χ2v) is 15.8. The maximum absolute atomic E-state index is 14.1. The Bertz CT molecular complexity index is 1840. The summed E-state index contributed by atoms with van der Waals surface area (Å²) in [7, 11) is 0. The van der Waals surface area contributed by atoms with Gasteiger partial charge in [0.15, 0.2) is 6.61 Å². The van der Waals surface area contributed by atoms with Crippen molar-refractivity contribution < 1.29 is 24.0 Å². The van der Waals surface area contributed by atoms with Crippen molar-refractivity contribution in [2.24, 2.45) is 29.6 Å². The summed E-state index contributed by atoms with van der Waals surface area (Å²) < 4.78 is 7.08. The number of nitro groups is 1. The van der Waals surface area contributed by atoms with E-state index >= 15 is 0 Å². The Morgan fingerprint density at radius 1 is 1.02 bits per heavy atom. The maximum atomic E-state index is 14.1. The predicted molar refractivity (Wildman–Crippen MR) is 174 cm³/mol. The van der Waals surface area contributed by atoms with Gasteiger partial charge in [0.25, 0.3) is 11.6 Å². The lowest BCUT2D eigenvalue weighted by molar-refractivity contribution is -0.384. The topological polar surface area (TPSA) is 143 Å². The third kappa shape index (κ3) is 4.66. The average molecular weight is 726 g/mol. The SMILES string of the molecule is O=C(COc1ccc(Br)cc1[C@H]1c2sc(=O)[nH]c2SC2C3CC(C4C(=O)N(c5ccc([N+](=O)[O-])cc5)C(=O)C34)C21)N1CCCCC1. The van der Waals surface area contributed by atoms with E-state index < -0.39 is 16.8 Å². The van der Waals surface area contributed by atoms with Gasteiger partial charge in [0.2, 0.25) is 11.8 Å². The van der Waals surface area contributed by atoms with Crippen molar-refractivity contribution in [2.75, 3.05) is 24.6 Å². The van der Waals surface area contributed by atoms with Crippen molar-refractivity contribution in [3.05, 3.63) is 77.2 Å². The van der Waals surface area contributed by atoms with Crippen LogP contribution in [0.1, 0.15) is 42.0 Å². The molecule has 4 heterocycles. The number of aromatic amines is 1. The number of non-ortho nitro benzene ring substituents is 1. The number of hydrogen-bond acceptors (Lipinski definition) is 9. The van der Waals surface area contributed by atoms with Crippen molar-refractivity contribution in [3.63, 3.8) is 0 Å². The van der Waals surface area contributed by atoms with Crippen LogP contribution in [-0.2, 0) is 14.4 Å². The number of anilines is 1. The second kappa shape index (κ2) is 11.3. The summed E-state index contributed by atoms with van der Waals surface area (Å²) in [6, 6.07) is 11.2. The molecule has 1 aromatic heterocycles. The minimum Gasteiger partial charge on any atom is -0.483 e. The van der Waals surface area contributed by atoms with Crippen LogP contribution in [0.3, 0.4) is 0 Å². The molecule has 0 spiro atoms. The zero-order valence-electron chi connectivity index (χ0n) is 24.4. The van der Waals surface area contributed by atoms with Crippen molar-refractivity contribution in [1.82, 2.24) is 9.88 Å². The Morgan fingerprint density at radius 2 is 1.74 bits per heavy atom. The van der Waals surface area contributed by atoms with E-state index in [9.17, 15) is 29.3 Å². The number of rotatable bonds is 6. The van der Waals surface area contributed by atoms with E-state index in [1.54, 1.807) is 11.8 Å². The smallest absolute Gasteiger partial charge is 0.305 e. The van der Waals surface area contributed by atoms with Gasteiger partial charge in [-0.25, -0.2) is 0 Å². The molecule has 3 amide bonds. The molecule has 2 saturated carbocycles. The van der Waals surface area contributed by atoms with Crippen LogP contribution in [0.2, 0.25) is 0 Å². The number of benzene rings is 2. The minimum atomic E-state index is -0.522. The Balaban J connectivity index is 1.15. The number of ether oxygens (including phenoxy) is 1. The largest absolute Gasteiger partial charge is 0.483 e. The number of halogens is 1. The number of nitrogens with one attached hydrogen (secondary N) is 1. The monoisotopic (exact) mass is 724 g/mol. The number of carbonyl (C=O) groups is 3. The lowest BCUT2D eigenvalue weighted by Crippen LogP contribution is -2.43. The van der Waals surface area contributed by atoms with Gasteiger partial charge in [-0.05, 0) is 73.8 Å². The fourth-order valence-corrected chi connectivity index (χ4v) is 11.9. The molecule has 5 aliphatic rings. The minimum absolute atomic E-state index is 0.0237. The lowest BCUT2D eigenvalue weighted by atomic mass is 9.68. The number of nitrogens with zero attached hydrogens (tertiary/aromatic N) is 3. The number of thioether (sulfide) groups is 1. The van der Waals surface area contributed by atoms with Crippen LogP contribution in [0, 0.1) is 39.7 Å². The molecule has 238 valence electrons. The standard InChI is InChI=1S/C32H29BrN4O7S2/c33-15-4-9-21(44-14-22(38)35-10-2-1-3-11-35)18(12-15)23-24-19-13-20(27(24)45-29-28(23)46-32(41)34-29)26-25(19)30(39)36(31(26)40)16-5-7-17(8-6-16)37(42)43/h4-9,12,19-20,23-27H,1-3,10-11,13-14H2,(H,34,41)/t19?,20?,23-,24?,25?,26?,27?/m1/s1. The Labute approximate surface area is 280 Å². The number of likely N-dealkylation sites (tertiary alicyclic amines) is 1. The van der Waals surface area contributed by atoms with Gasteiger partial charge in [-0.1, -0.05) is 27.3 Å². The quantitative estimate of drug-likeness (QED) is 0.208. The number of nitro benzene ring substituents is 1. The first-order valence-electron chi connectivity index (χ1n) is 15.4. The van der Waals surface area contributed by atoms with Crippen molar-refractivity contribution in [3.8, 4) is 5.75 Å². The Hall–Kier alpha value is -3.49. The second-order valence-electron chi connectivity index (χ2n) is 12.7. The van der Waals surface area contributed by atoms with Crippen molar-refractivity contribution in [1.29, 1.82) is 0 Å². The molecular formula is C32H29BrN4O7S2. The van der Waals surface area contributed by atoms with Crippen LogP contribution in [0.25, 0.3) is 0 Å². The number of amides is 3. The van der Waals surface area contributed by atoms with Gasteiger partial charge in [-0.2, -0.15) is 0 Å². The first-order valence-corrected chi connectivity index (χ1v) is 17.9. The fourth-order valence-electron chi connectivity index (χ4n) is 8.61. The molecule has 6 unspecified atom stereocenters. The number of thiazole rings is 1. The highest BCUT2D eigenvalue weighted by molar-refractivity contribution is 9.10. The molecule has 4 fully saturated rings. The predicted octanol–water partition coefficient (Wildman–Crippen LogP) is 5.18. The van der Waals surface area contributed by atoms with Crippen molar-refractivity contribution >= 4 is 68.1 Å². The lowest BCUT2D eigenvalue weighted by Gasteiger charge is -2.43. The third-order valence-electron chi connectivity index (χ3n) is 10.4. The van der Waals surface area contributed by atoms with E-state index in [4.69, 9.17) is 4.74 Å². The molecule has 14 heteroatoms. The fraction of sp³-hybridized carbons (Fsp3) is 0.438. The average Bonchev–Trinajstić information content (AvgIpc) is 3.79. The van der Waals surface area contributed by atoms with E-state index in [-0.39, 0.29) is 63.8 Å². The molecule has 11 nitrogen and oxygen atoms in total. The van der Waals surface area contributed by atoms with Crippen LogP contribution in [-0.4, -0.2) is 57.5 Å². The van der Waals surface area contributed by atoms with Crippen molar-refractivity contribution in [2.45, 2.75) is 41.9 Å². The third-order valence-corrected chi connectivity index (χ3v) is 13.5. The highest BCUT2D eigenvalue weighted by atomic mass is 79.9. The number of carbonyl (C=O) groups excluding carboxylic acids is 3. The van der Waals surface area contributed by atoms with Gasteiger partial charge in [0.1, 0.15) is 5.75 Å². The van der Waals surface area contributed by atoms with Gasteiger partial charge < -0.3 is 14.6 Å². The maximum Gasteiger partial charge on any atom is 0.305 e. The van der Waals surface area contributed by atoms with Gasteiger partial charge in [0, 0.05) is 51.3 Å². The number of imide groups is 1. The first-order chi connectivity index (χ1) is 22.2. The summed E-state index contributed by atoms with van der Waals surface area (Å²) in [6.45, 7) is 1.37. The molecule has 7 atom stereocenters. The highest BCUT2D eigenvalue weighted by Gasteiger charge is 2.70. The van der Waals surface area contributed by atoms with Gasteiger partial charge in [-0.15, -0.1) is 11.8 Å². The number of piperidine rings is 1. The van der Waals surface area contributed by atoms with Crippen LogP contribution in [0.15, 0.2) is 56.8 Å². The van der Waals surface area contributed by atoms with Crippen LogP contribution in [0.5, 0.6) is 5.75 Å².